The topological polar surface area (TPSA) is 56.5 Å². The van der Waals surface area contributed by atoms with Crippen LogP contribution in [0.3, 0.4) is 0 Å². The van der Waals surface area contributed by atoms with Crippen molar-refractivity contribution in [3.63, 3.8) is 0 Å². The Labute approximate surface area is 126 Å². The first-order valence-electron chi connectivity index (χ1n) is 6.15. The molecule has 5 nitrogen and oxygen atoms in total. The van der Waals surface area contributed by atoms with Crippen LogP contribution in [0.15, 0.2) is 22.7 Å². The Morgan fingerprint density at radius 2 is 2.15 bits per heavy atom. The number of benzene rings is 1. The van der Waals surface area contributed by atoms with Crippen LogP contribution in [0.1, 0.15) is 17.0 Å². The third-order valence-electron chi connectivity index (χ3n) is 3.07. The molecule has 0 aliphatic rings. The Morgan fingerprint density at radius 3 is 2.70 bits per heavy atom. The van der Waals surface area contributed by atoms with Crippen molar-refractivity contribution < 1.29 is 14.6 Å². The summed E-state index contributed by atoms with van der Waals surface area (Å²) in [7, 11) is 3.47. The molecule has 0 aliphatic carbocycles. The van der Waals surface area contributed by atoms with Gasteiger partial charge >= 0.3 is 0 Å². The van der Waals surface area contributed by atoms with E-state index < -0.39 is 0 Å². The van der Waals surface area contributed by atoms with Crippen LogP contribution in [0.2, 0.25) is 0 Å². The number of aryl methyl sites for hydroxylation is 2. The molecule has 1 aromatic carbocycles. The monoisotopic (exact) mass is 340 g/mol. The first-order valence-corrected chi connectivity index (χ1v) is 6.94. The Hall–Kier alpha value is -1.53. The molecule has 0 amide bonds. The molecule has 0 spiro atoms. The van der Waals surface area contributed by atoms with Gasteiger partial charge in [-0.1, -0.05) is 0 Å². The SMILES string of the molecule is COc1ccc(CO)c(OCc2c(Br)c(C)nn2C)c1. The van der Waals surface area contributed by atoms with E-state index in [1.165, 1.54) is 0 Å². The Bertz CT molecular complexity index is 611. The number of halogens is 1. The largest absolute Gasteiger partial charge is 0.497 e. The van der Waals surface area contributed by atoms with E-state index in [1.54, 1.807) is 30.0 Å². The molecule has 2 aromatic rings. The van der Waals surface area contributed by atoms with Gasteiger partial charge in [0.05, 0.1) is 29.6 Å². The van der Waals surface area contributed by atoms with Gasteiger partial charge in [0.25, 0.3) is 0 Å². The smallest absolute Gasteiger partial charge is 0.131 e. The van der Waals surface area contributed by atoms with E-state index in [0.717, 1.165) is 21.4 Å². The van der Waals surface area contributed by atoms with E-state index in [0.29, 0.717) is 18.1 Å². The molecule has 0 unspecified atom stereocenters. The summed E-state index contributed by atoms with van der Waals surface area (Å²) in [5, 5.41) is 13.7. The predicted octanol–water partition coefficient (Wildman–Crippen LogP) is 2.57. The number of hydrogen-bond acceptors (Lipinski definition) is 4. The van der Waals surface area contributed by atoms with E-state index in [1.807, 2.05) is 14.0 Å². The van der Waals surface area contributed by atoms with Crippen molar-refractivity contribution >= 4 is 15.9 Å². The normalized spacial score (nSPS) is 10.7. The zero-order valence-electron chi connectivity index (χ0n) is 11.7. The third kappa shape index (κ3) is 2.96. The number of methoxy groups -OCH3 is 1. The summed E-state index contributed by atoms with van der Waals surface area (Å²) in [5.74, 6) is 1.30. The van der Waals surface area contributed by atoms with Crippen LogP contribution in [0.4, 0.5) is 0 Å². The van der Waals surface area contributed by atoms with E-state index in [-0.39, 0.29) is 6.61 Å². The molecule has 1 aromatic heterocycles. The molecule has 2 rings (SSSR count). The van der Waals surface area contributed by atoms with Crippen molar-refractivity contribution in [2.45, 2.75) is 20.1 Å². The minimum absolute atomic E-state index is 0.0785. The number of nitrogens with zero attached hydrogens (tertiary/aromatic N) is 2. The van der Waals surface area contributed by atoms with Gasteiger partial charge < -0.3 is 14.6 Å². The van der Waals surface area contributed by atoms with Gasteiger partial charge in [0.1, 0.15) is 18.1 Å². The first-order chi connectivity index (χ1) is 9.56. The molecular weight excluding hydrogens is 324 g/mol. The standard InChI is InChI=1S/C14H17BrN2O3/c1-9-14(15)12(17(2)16-9)8-20-13-6-11(19-3)5-4-10(13)7-18/h4-6,18H,7-8H2,1-3H3. The number of aromatic nitrogens is 2. The molecule has 0 bridgehead atoms. The predicted molar refractivity (Wildman–Crippen MR) is 78.9 cm³/mol. The fraction of sp³-hybridized carbons (Fsp3) is 0.357. The van der Waals surface area contributed by atoms with Gasteiger partial charge in [-0.2, -0.15) is 5.10 Å². The van der Waals surface area contributed by atoms with Crippen molar-refractivity contribution in [2.75, 3.05) is 7.11 Å². The summed E-state index contributed by atoms with van der Waals surface area (Å²) < 4.78 is 13.7. The van der Waals surface area contributed by atoms with Crippen LogP contribution in [0.5, 0.6) is 11.5 Å². The number of ether oxygens (including phenoxy) is 2. The average Bonchev–Trinajstić information content (AvgIpc) is 2.70. The maximum atomic E-state index is 9.34. The van der Waals surface area contributed by atoms with E-state index >= 15 is 0 Å². The molecule has 0 radical (unpaired) electrons. The lowest BCUT2D eigenvalue weighted by molar-refractivity contribution is 0.254. The summed E-state index contributed by atoms with van der Waals surface area (Å²) in [4.78, 5) is 0. The lowest BCUT2D eigenvalue weighted by Gasteiger charge is -2.12. The summed E-state index contributed by atoms with van der Waals surface area (Å²) in [6.07, 6.45) is 0. The molecule has 0 aliphatic heterocycles. The molecule has 1 N–H and O–H groups in total. The van der Waals surface area contributed by atoms with E-state index in [4.69, 9.17) is 9.47 Å². The highest BCUT2D eigenvalue weighted by molar-refractivity contribution is 9.10. The summed E-state index contributed by atoms with van der Waals surface area (Å²) in [6.45, 7) is 2.21. The number of hydrogen-bond donors (Lipinski definition) is 1. The van der Waals surface area contributed by atoms with Crippen molar-refractivity contribution in [1.29, 1.82) is 0 Å². The highest BCUT2D eigenvalue weighted by Crippen LogP contribution is 2.27. The quantitative estimate of drug-likeness (QED) is 0.908. The number of aliphatic hydroxyl groups is 1. The van der Waals surface area contributed by atoms with Gasteiger partial charge in [0.15, 0.2) is 0 Å². The van der Waals surface area contributed by atoms with Crippen molar-refractivity contribution in [1.82, 2.24) is 9.78 Å². The zero-order chi connectivity index (χ0) is 14.7. The maximum Gasteiger partial charge on any atom is 0.131 e. The zero-order valence-corrected chi connectivity index (χ0v) is 13.3. The molecule has 0 saturated heterocycles. The minimum Gasteiger partial charge on any atom is -0.497 e. The van der Waals surface area contributed by atoms with Crippen LogP contribution in [-0.4, -0.2) is 22.0 Å². The highest BCUT2D eigenvalue weighted by Gasteiger charge is 2.12. The van der Waals surface area contributed by atoms with E-state index in [2.05, 4.69) is 21.0 Å². The molecule has 20 heavy (non-hydrogen) atoms. The van der Waals surface area contributed by atoms with Crippen LogP contribution >= 0.6 is 15.9 Å². The van der Waals surface area contributed by atoms with Gasteiger partial charge in [-0.05, 0) is 35.0 Å². The lowest BCUT2D eigenvalue weighted by Crippen LogP contribution is -2.05. The third-order valence-corrected chi connectivity index (χ3v) is 4.10. The molecule has 0 saturated carbocycles. The van der Waals surface area contributed by atoms with Crippen molar-refractivity contribution in [2.24, 2.45) is 7.05 Å². The summed E-state index contributed by atoms with van der Waals surface area (Å²) in [6, 6.07) is 5.35. The molecule has 1 heterocycles. The van der Waals surface area contributed by atoms with Gasteiger partial charge in [0.2, 0.25) is 0 Å². The molecule has 6 heteroatoms. The van der Waals surface area contributed by atoms with Crippen LogP contribution < -0.4 is 9.47 Å². The number of aliphatic hydroxyl groups excluding tert-OH is 1. The van der Waals surface area contributed by atoms with Gasteiger partial charge in [0, 0.05) is 18.7 Å². The van der Waals surface area contributed by atoms with Crippen LogP contribution in [0.25, 0.3) is 0 Å². The van der Waals surface area contributed by atoms with Gasteiger partial charge in [-0.15, -0.1) is 0 Å². The highest BCUT2D eigenvalue weighted by atomic mass is 79.9. The Balaban J connectivity index is 2.21. The fourth-order valence-corrected chi connectivity index (χ4v) is 2.36. The minimum atomic E-state index is -0.0785. The van der Waals surface area contributed by atoms with Gasteiger partial charge in [-0.25, -0.2) is 0 Å². The lowest BCUT2D eigenvalue weighted by atomic mass is 10.2. The Morgan fingerprint density at radius 1 is 1.40 bits per heavy atom. The molecule has 0 fully saturated rings. The summed E-state index contributed by atoms with van der Waals surface area (Å²) in [5.41, 5.74) is 2.58. The molecular formula is C14H17BrN2O3. The van der Waals surface area contributed by atoms with Crippen molar-refractivity contribution in [3.05, 3.63) is 39.6 Å². The second kappa shape index (κ2) is 6.28. The van der Waals surface area contributed by atoms with E-state index in [9.17, 15) is 5.11 Å². The van der Waals surface area contributed by atoms with Crippen molar-refractivity contribution in [3.8, 4) is 11.5 Å². The number of rotatable bonds is 5. The van der Waals surface area contributed by atoms with Crippen LogP contribution in [0, 0.1) is 6.92 Å². The summed E-state index contributed by atoms with van der Waals surface area (Å²) >= 11 is 3.50. The maximum absolute atomic E-state index is 9.34. The molecule has 108 valence electrons. The average molecular weight is 341 g/mol. The second-order valence-electron chi connectivity index (χ2n) is 4.39. The first kappa shape index (κ1) is 14.9. The van der Waals surface area contributed by atoms with Crippen LogP contribution in [-0.2, 0) is 20.3 Å². The fourth-order valence-electron chi connectivity index (χ4n) is 1.91. The Kier molecular flexibility index (Phi) is 4.67. The molecule has 0 atom stereocenters. The van der Waals surface area contributed by atoms with Gasteiger partial charge in [-0.3, -0.25) is 4.68 Å². The second-order valence-corrected chi connectivity index (χ2v) is 5.18.